The third-order valence-electron chi connectivity index (χ3n) is 5.41. The molecule has 4 heteroatoms. The van der Waals surface area contributed by atoms with Crippen LogP contribution in [0.3, 0.4) is 0 Å². The second kappa shape index (κ2) is 9.38. The van der Waals surface area contributed by atoms with Crippen molar-refractivity contribution in [2.24, 2.45) is 0 Å². The van der Waals surface area contributed by atoms with Gasteiger partial charge in [0.05, 0.1) is 11.0 Å². The van der Waals surface area contributed by atoms with E-state index in [9.17, 15) is 0 Å². The smallest absolute Gasteiger partial charge is 0.117 e. The molecule has 0 aliphatic carbocycles. The molecule has 2 aromatic carbocycles. The number of hydrogen-bond acceptors (Lipinski definition) is 2. The minimum Gasteiger partial charge on any atom is -0.327 e. The number of halogens is 1. The largest absolute Gasteiger partial charge is 0.327 e. The van der Waals surface area contributed by atoms with E-state index < -0.39 is 0 Å². The first kappa shape index (κ1) is 19.9. The maximum Gasteiger partial charge on any atom is 0.117 e. The molecule has 1 unspecified atom stereocenters. The van der Waals surface area contributed by atoms with Crippen LogP contribution in [0.25, 0.3) is 11.0 Å². The average Bonchev–Trinajstić information content (AvgIpc) is 3.04. The molecule has 3 aromatic rings. The van der Waals surface area contributed by atoms with E-state index >= 15 is 0 Å². The molecule has 1 aromatic heterocycles. The monoisotopic (exact) mass is 383 g/mol. The van der Waals surface area contributed by atoms with Crippen molar-refractivity contribution in [1.82, 2.24) is 14.5 Å². The van der Waals surface area contributed by atoms with Gasteiger partial charge < -0.3 is 9.47 Å². The highest BCUT2D eigenvalue weighted by Gasteiger charge is 2.20. The van der Waals surface area contributed by atoms with Gasteiger partial charge in [0.25, 0.3) is 0 Å². The lowest BCUT2D eigenvalue weighted by molar-refractivity contribution is 0.293. The lowest BCUT2D eigenvalue weighted by Gasteiger charge is -2.20. The Morgan fingerprint density at radius 2 is 1.78 bits per heavy atom. The molecule has 3 nitrogen and oxygen atoms in total. The summed E-state index contributed by atoms with van der Waals surface area (Å²) in [7, 11) is 0. The van der Waals surface area contributed by atoms with Gasteiger partial charge in [0, 0.05) is 17.5 Å². The Morgan fingerprint density at radius 1 is 1.04 bits per heavy atom. The molecule has 144 valence electrons. The quantitative estimate of drug-likeness (QED) is 0.454. The van der Waals surface area contributed by atoms with Crippen molar-refractivity contribution in [2.75, 3.05) is 19.6 Å². The summed E-state index contributed by atoms with van der Waals surface area (Å²) in [5.41, 5.74) is 3.50. The minimum atomic E-state index is 0.297. The Bertz CT molecular complexity index is 853. The van der Waals surface area contributed by atoms with E-state index in [4.69, 9.17) is 16.6 Å². The molecule has 1 atom stereocenters. The molecule has 0 N–H and O–H groups in total. The highest BCUT2D eigenvalue weighted by molar-refractivity contribution is 6.31. The van der Waals surface area contributed by atoms with Gasteiger partial charge in [-0.3, -0.25) is 0 Å². The van der Waals surface area contributed by atoms with Crippen molar-refractivity contribution in [1.29, 1.82) is 0 Å². The maximum atomic E-state index is 6.31. The zero-order valence-corrected chi connectivity index (χ0v) is 17.4. The van der Waals surface area contributed by atoms with Crippen LogP contribution in [-0.4, -0.2) is 34.1 Å². The molecule has 0 radical (unpaired) electrons. The summed E-state index contributed by atoms with van der Waals surface area (Å²) in [6, 6.07) is 16.8. The van der Waals surface area contributed by atoms with Gasteiger partial charge in [0.1, 0.15) is 5.82 Å². The molecule has 0 spiro atoms. The predicted molar refractivity (Wildman–Crippen MR) is 116 cm³/mol. The first-order valence-corrected chi connectivity index (χ1v) is 10.5. The van der Waals surface area contributed by atoms with Gasteiger partial charge in [-0.15, -0.1) is 0 Å². The normalized spacial score (nSPS) is 12.8. The fourth-order valence-corrected chi connectivity index (χ4v) is 4.03. The minimum absolute atomic E-state index is 0.297. The number of benzene rings is 2. The summed E-state index contributed by atoms with van der Waals surface area (Å²) >= 11 is 6.31. The van der Waals surface area contributed by atoms with Crippen molar-refractivity contribution in [3.63, 3.8) is 0 Å². The molecular weight excluding hydrogens is 354 g/mol. The third kappa shape index (κ3) is 4.53. The number of imidazole rings is 1. The lowest BCUT2D eigenvalue weighted by atomic mass is 9.95. The summed E-state index contributed by atoms with van der Waals surface area (Å²) in [5.74, 6) is 1.45. The highest BCUT2D eigenvalue weighted by Crippen LogP contribution is 2.31. The van der Waals surface area contributed by atoms with E-state index in [0.717, 1.165) is 60.9 Å². The van der Waals surface area contributed by atoms with Gasteiger partial charge in [0.2, 0.25) is 0 Å². The van der Waals surface area contributed by atoms with Crippen molar-refractivity contribution in [2.45, 2.75) is 46.1 Å². The number of hydrogen-bond donors (Lipinski definition) is 0. The SMILES string of the molecule is CCC(c1ccccc1)c1nc2ccc(Cl)cc2n1CCCN(CC)CC. The van der Waals surface area contributed by atoms with Crippen molar-refractivity contribution in [3.05, 3.63) is 64.9 Å². The molecule has 0 bridgehead atoms. The summed E-state index contributed by atoms with van der Waals surface area (Å²) in [4.78, 5) is 7.50. The van der Waals surface area contributed by atoms with Crippen LogP contribution >= 0.6 is 11.6 Å². The molecule has 0 amide bonds. The Kier molecular flexibility index (Phi) is 6.92. The molecule has 0 fully saturated rings. The van der Waals surface area contributed by atoms with Crippen LogP contribution in [0.5, 0.6) is 0 Å². The Balaban J connectivity index is 1.98. The van der Waals surface area contributed by atoms with E-state index in [1.54, 1.807) is 0 Å². The maximum absolute atomic E-state index is 6.31. The van der Waals surface area contributed by atoms with E-state index in [0.29, 0.717) is 5.92 Å². The molecule has 0 saturated carbocycles. The number of aromatic nitrogens is 2. The number of fused-ring (bicyclic) bond motifs is 1. The second-order valence-electron chi connectivity index (χ2n) is 7.01. The molecular formula is C23H30ClN3. The number of nitrogens with zero attached hydrogens (tertiary/aromatic N) is 3. The van der Waals surface area contributed by atoms with Gasteiger partial charge in [-0.2, -0.15) is 0 Å². The first-order chi connectivity index (χ1) is 13.2. The number of rotatable bonds is 9. The van der Waals surface area contributed by atoms with E-state index in [1.165, 1.54) is 5.56 Å². The summed E-state index contributed by atoms with van der Waals surface area (Å²) in [6.45, 7) is 11.0. The van der Waals surface area contributed by atoms with Crippen LogP contribution in [0.2, 0.25) is 5.02 Å². The van der Waals surface area contributed by atoms with Crippen molar-refractivity contribution >= 4 is 22.6 Å². The fraction of sp³-hybridized carbons (Fsp3) is 0.435. The molecule has 3 rings (SSSR count). The summed E-state index contributed by atoms with van der Waals surface area (Å²) < 4.78 is 2.39. The molecule has 0 saturated heterocycles. The van der Waals surface area contributed by atoms with Crippen LogP contribution in [0.1, 0.15) is 50.9 Å². The van der Waals surface area contributed by atoms with Gasteiger partial charge in [0.15, 0.2) is 0 Å². The lowest BCUT2D eigenvalue weighted by Crippen LogP contribution is -2.25. The molecule has 0 aliphatic rings. The fourth-order valence-electron chi connectivity index (χ4n) is 3.86. The van der Waals surface area contributed by atoms with Gasteiger partial charge in [-0.05, 0) is 56.2 Å². The Labute approximate surface area is 168 Å². The topological polar surface area (TPSA) is 21.1 Å². The van der Waals surface area contributed by atoms with Gasteiger partial charge >= 0.3 is 0 Å². The predicted octanol–water partition coefficient (Wildman–Crippen LogP) is 5.96. The van der Waals surface area contributed by atoms with Crippen LogP contribution in [0.4, 0.5) is 0 Å². The summed E-state index contributed by atoms with van der Waals surface area (Å²) in [5, 5.41) is 0.770. The molecule has 27 heavy (non-hydrogen) atoms. The highest BCUT2D eigenvalue weighted by atomic mass is 35.5. The van der Waals surface area contributed by atoms with Gasteiger partial charge in [-0.25, -0.2) is 4.98 Å². The van der Waals surface area contributed by atoms with Crippen molar-refractivity contribution in [3.8, 4) is 0 Å². The van der Waals surface area contributed by atoms with Crippen LogP contribution in [0.15, 0.2) is 48.5 Å². The average molecular weight is 384 g/mol. The van der Waals surface area contributed by atoms with Crippen molar-refractivity contribution < 1.29 is 0 Å². The van der Waals surface area contributed by atoms with E-state index in [2.05, 4.69) is 66.6 Å². The third-order valence-corrected chi connectivity index (χ3v) is 5.65. The Hall–Kier alpha value is -1.84. The van der Waals surface area contributed by atoms with E-state index in [-0.39, 0.29) is 0 Å². The van der Waals surface area contributed by atoms with Gasteiger partial charge in [-0.1, -0.05) is 62.7 Å². The van der Waals surface area contributed by atoms with Crippen LogP contribution < -0.4 is 0 Å². The molecule has 0 aliphatic heterocycles. The zero-order chi connectivity index (χ0) is 19.2. The number of aryl methyl sites for hydroxylation is 1. The summed E-state index contributed by atoms with van der Waals surface area (Å²) in [6.07, 6.45) is 2.13. The van der Waals surface area contributed by atoms with E-state index in [1.807, 2.05) is 12.1 Å². The standard InChI is InChI=1S/C23H30ClN3/c1-4-20(18-11-8-7-9-12-18)23-25-21-14-13-19(24)17-22(21)27(23)16-10-15-26(5-2)6-3/h7-9,11-14,17,20H,4-6,10,15-16H2,1-3H3. The second-order valence-corrected chi connectivity index (χ2v) is 7.44. The first-order valence-electron chi connectivity index (χ1n) is 10.1. The Morgan fingerprint density at radius 3 is 2.44 bits per heavy atom. The van der Waals surface area contributed by atoms with Crippen LogP contribution in [0, 0.1) is 0 Å². The molecule has 1 heterocycles. The van der Waals surface area contributed by atoms with Crippen LogP contribution in [-0.2, 0) is 6.54 Å². The zero-order valence-electron chi connectivity index (χ0n) is 16.7.